The number of hydrogen-bond donors (Lipinski definition) is 0. The number of hydrogen-bond acceptors (Lipinski definition) is 3. The highest BCUT2D eigenvalue weighted by atomic mass is 35.5. The van der Waals surface area contributed by atoms with Crippen LogP contribution in [-0.2, 0) is 0 Å². The van der Waals surface area contributed by atoms with E-state index in [2.05, 4.69) is 23.8 Å². The van der Waals surface area contributed by atoms with E-state index < -0.39 is 0 Å². The molecule has 0 saturated heterocycles. The molecule has 0 bridgehead atoms. The second-order valence-electron chi connectivity index (χ2n) is 3.57. The lowest BCUT2D eigenvalue weighted by Gasteiger charge is -2.17. The molecule has 0 radical (unpaired) electrons. The quantitative estimate of drug-likeness (QED) is 0.719. The fourth-order valence-electron chi connectivity index (χ4n) is 1.13. The minimum absolute atomic E-state index is 0.432. The van der Waals surface area contributed by atoms with Gasteiger partial charge in [-0.3, -0.25) is 0 Å². The van der Waals surface area contributed by atoms with Crippen molar-refractivity contribution in [2.24, 2.45) is 0 Å². The van der Waals surface area contributed by atoms with Gasteiger partial charge in [0.15, 0.2) is 0 Å². The van der Waals surface area contributed by atoms with Crippen molar-refractivity contribution in [1.82, 2.24) is 9.97 Å². The minimum Gasteiger partial charge on any atom is -0.358 e. The normalized spacial score (nSPS) is 10.6. The highest BCUT2D eigenvalue weighted by molar-refractivity contribution is 6.18. The third kappa shape index (κ3) is 2.84. The first-order chi connectivity index (χ1) is 6.65. The van der Waals surface area contributed by atoms with Crippen LogP contribution < -0.4 is 4.90 Å². The smallest absolute Gasteiger partial charge is 0.131 e. The summed E-state index contributed by atoms with van der Waals surface area (Å²) in [5.74, 6) is 1.97. The molecule has 0 aliphatic rings. The van der Waals surface area contributed by atoms with Crippen molar-refractivity contribution in [2.45, 2.75) is 19.8 Å². The molecule has 0 aliphatic carbocycles. The van der Waals surface area contributed by atoms with E-state index in [4.69, 9.17) is 11.6 Å². The van der Waals surface area contributed by atoms with Gasteiger partial charge < -0.3 is 4.90 Å². The molecule has 0 aliphatic heterocycles. The van der Waals surface area contributed by atoms with Gasteiger partial charge in [-0.25, -0.2) is 9.97 Å². The maximum absolute atomic E-state index is 5.66. The summed E-state index contributed by atoms with van der Waals surface area (Å²) in [7, 11) is 1.98. The summed E-state index contributed by atoms with van der Waals surface area (Å²) in [6, 6.07) is 2.01. The Labute approximate surface area is 90.1 Å². The second-order valence-corrected chi connectivity index (χ2v) is 3.94. The van der Waals surface area contributed by atoms with Crippen LogP contribution in [0, 0.1) is 0 Å². The van der Waals surface area contributed by atoms with Crippen molar-refractivity contribution >= 4 is 17.4 Å². The number of nitrogens with zero attached hydrogens (tertiary/aromatic N) is 3. The van der Waals surface area contributed by atoms with Crippen LogP contribution in [0.15, 0.2) is 12.4 Å². The van der Waals surface area contributed by atoms with Gasteiger partial charge >= 0.3 is 0 Å². The second kappa shape index (κ2) is 5.15. The Balaban J connectivity index is 2.82. The van der Waals surface area contributed by atoms with E-state index in [0.29, 0.717) is 11.8 Å². The van der Waals surface area contributed by atoms with Gasteiger partial charge in [0.05, 0.1) is 0 Å². The SMILES string of the molecule is CC(C)c1cc(N(C)CCCl)ncn1. The van der Waals surface area contributed by atoms with Crippen molar-refractivity contribution < 1.29 is 0 Å². The third-order valence-electron chi connectivity index (χ3n) is 2.08. The summed E-state index contributed by atoms with van der Waals surface area (Å²) in [6.45, 7) is 5.04. The molecular formula is C10H16ClN3. The maximum Gasteiger partial charge on any atom is 0.131 e. The van der Waals surface area contributed by atoms with Crippen molar-refractivity contribution in [3.8, 4) is 0 Å². The van der Waals surface area contributed by atoms with E-state index in [1.54, 1.807) is 6.33 Å². The van der Waals surface area contributed by atoms with E-state index in [9.17, 15) is 0 Å². The molecule has 0 unspecified atom stereocenters. The molecule has 4 heteroatoms. The van der Waals surface area contributed by atoms with Gasteiger partial charge in [-0.15, -0.1) is 11.6 Å². The van der Waals surface area contributed by atoms with Gasteiger partial charge in [0, 0.05) is 31.2 Å². The highest BCUT2D eigenvalue weighted by Gasteiger charge is 2.05. The monoisotopic (exact) mass is 213 g/mol. The van der Waals surface area contributed by atoms with Crippen molar-refractivity contribution in [2.75, 3.05) is 24.4 Å². The molecule has 1 heterocycles. The zero-order valence-corrected chi connectivity index (χ0v) is 9.62. The van der Waals surface area contributed by atoms with Gasteiger partial charge in [-0.1, -0.05) is 13.8 Å². The van der Waals surface area contributed by atoms with Gasteiger partial charge in [-0.2, -0.15) is 0 Å². The van der Waals surface area contributed by atoms with Crippen LogP contribution >= 0.6 is 11.6 Å². The van der Waals surface area contributed by atoms with E-state index in [-0.39, 0.29) is 0 Å². The Kier molecular flexibility index (Phi) is 4.14. The largest absolute Gasteiger partial charge is 0.358 e. The van der Waals surface area contributed by atoms with E-state index in [1.807, 2.05) is 18.0 Å². The molecule has 3 nitrogen and oxygen atoms in total. The van der Waals surface area contributed by atoms with Gasteiger partial charge in [0.2, 0.25) is 0 Å². The first kappa shape index (κ1) is 11.2. The van der Waals surface area contributed by atoms with E-state index in [0.717, 1.165) is 18.1 Å². The van der Waals surface area contributed by atoms with Gasteiger partial charge in [-0.05, 0) is 5.92 Å². The van der Waals surface area contributed by atoms with E-state index in [1.165, 1.54) is 0 Å². The third-order valence-corrected chi connectivity index (χ3v) is 2.25. The topological polar surface area (TPSA) is 29.0 Å². The van der Waals surface area contributed by atoms with Crippen LogP contribution in [0.5, 0.6) is 0 Å². The number of aromatic nitrogens is 2. The average molecular weight is 214 g/mol. The van der Waals surface area contributed by atoms with Crippen molar-refractivity contribution in [3.05, 3.63) is 18.1 Å². The molecule has 1 aromatic heterocycles. The standard InChI is InChI=1S/C10H16ClN3/c1-8(2)9-6-10(13-7-12-9)14(3)5-4-11/h6-8H,4-5H2,1-3H3. The summed E-state index contributed by atoms with van der Waals surface area (Å²) >= 11 is 5.66. The molecule has 0 spiro atoms. The average Bonchev–Trinajstić information content (AvgIpc) is 2.18. The van der Waals surface area contributed by atoms with Crippen LogP contribution in [0.25, 0.3) is 0 Å². The Morgan fingerprint density at radius 2 is 2.14 bits per heavy atom. The predicted molar refractivity (Wildman–Crippen MR) is 60.1 cm³/mol. The number of anilines is 1. The van der Waals surface area contributed by atoms with Crippen LogP contribution in [-0.4, -0.2) is 29.4 Å². The van der Waals surface area contributed by atoms with Crippen LogP contribution in [0.1, 0.15) is 25.5 Å². The fraction of sp³-hybridized carbons (Fsp3) is 0.600. The molecular weight excluding hydrogens is 198 g/mol. The summed E-state index contributed by atoms with van der Waals surface area (Å²) in [5.41, 5.74) is 1.07. The molecule has 0 fully saturated rings. The summed E-state index contributed by atoms with van der Waals surface area (Å²) in [6.07, 6.45) is 1.61. The molecule has 1 rings (SSSR count). The lowest BCUT2D eigenvalue weighted by molar-refractivity contribution is 0.806. The Hall–Kier alpha value is -0.830. The van der Waals surface area contributed by atoms with Crippen LogP contribution in [0.4, 0.5) is 5.82 Å². The number of alkyl halides is 1. The van der Waals surface area contributed by atoms with Gasteiger partial charge in [0.25, 0.3) is 0 Å². The Bertz CT molecular complexity index is 288. The Morgan fingerprint density at radius 1 is 1.43 bits per heavy atom. The van der Waals surface area contributed by atoms with Crippen LogP contribution in [0.3, 0.4) is 0 Å². The minimum atomic E-state index is 0.432. The predicted octanol–water partition coefficient (Wildman–Crippen LogP) is 2.28. The number of halogens is 1. The fourth-order valence-corrected chi connectivity index (χ4v) is 1.38. The molecule has 0 amide bonds. The lowest BCUT2D eigenvalue weighted by atomic mass is 10.1. The van der Waals surface area contributed by atoms with Crippen molar-refractivity contribution in [1.29, 1.82) is 0 Å². The lowest BCUT2D eigenvalue weighted by Crippen LogP contribution is -2.21. The zero-order valence-electron chi connectivity index (χ0n) is 8.87. The molecule has 0 saturated carbocycles. The Morgan fingerprint density at radius 3 is 2.71 bits per heavy atom. The molecule has 78 valence electrons. The highest BCUT2D eigenvalue weighted by Crippen LogP contribution is 2.15. The summed E-state index contributed by atoms with van der Waals surface area (Å²) in [4.78, 5) is 10.4. The summed E-state index contributed by atoms with van der Waals surface area (Å²) < 4.78 is 0. The first-order valence-electron chi connectivity index (χ1n) is 4.74. The molecule has 0 aromatic carbocycles. The molecule has 0 N–H and O–H groups in total. The van der Waals surface area contributed by atoms with Gasteiger partial charge in [0.1, 0.15) is 12.1 Å². The zero-order chi connectivity index (χ0) is 10.6. The van der Waals surface area contributed by atoms with Crippen molar-refractivity contribution in [3.63, 3.8) is 0 Å². The van der Waals surface area contributed by atoms with E-state index >= 15 is 0 Å². The summed E-state index contributed by atoms with van der Waals surface area (Å²) in [5, 5.41) is 0. The first-order valence-corrected chi connectivity index (χ1v) is 5.27. The molecule has 0 atom stereocenters. The van der Waals surface area contributed by atoms with Crippen LogP contribution in [0.2, 0.25) is 0 Å². The molecule has 1 aromatic rings. The maximum atomic E-state index is 5.66. The number of rotatable bonds is 4. The molecule has 14 heavy (non-hydrogen) atoms.